The number of carbonyl (C=O) groups is 2. The van der Waals surface area contributed by atoms with E-state index in [4.69, 9.17) is 4.74 Å². The summed E-state index contributed by atoms with van der Waals surface area (Å²) in [6.45, 7) is 4.08. The van der Waals surface area contributed by atoms with Gasteiger partial charge in [0.1, 0.15) is 6.10 Å². The van der Waals surface area contributed by atoms with Gasteiger partial charge in [-0.25, -0.2) is 4.79 Å². The van der Waals surface area contributed by atoms with E-state index >= 15 is 0 Å². The molecule has 2 amide bonds. The number of ether oxygens (including phenoxy) is 1. The monoisotopic (exact) mass is 255 g/mol. The van der Waals surface area contributed by atoms with Crippen molar-refractivity contribution in [2.45, 2.75) is 18.9 Å². The van der Waals surface area contributed by atoms with Crippen LogP contribution in [-0.4, -0.2) is 79.6 Å². The molecule has 0 aromatic rings. The molecule has 2 aliphatic heterocycles. The number of hydrogen-bond acceptors (Lipinski definition) is 4. The molecule has 0 aliphatic carbocycles. The van der Waals surface area contributed by atoms with Crippen molar-refractivity contribution < 1.29 is 14.3 Å². The van der Waals surface area contributed by atoms with Crippen LogP contribution in [0.1, 0.15) is 12.8 Å². The molecule has 0 aromatic carbocycles. The Kier molecular flexibility index (Phi) is 4.06. The van der Waals surface area contributed by atoms with Crippen LogP contribution in [0.25, 0.3) is 0 Å². The first-order valence-corrected chi connectivity index (χ1v) is 6.44. The Morgan fingerprint density at radius 3 is 2.50 bits per heavy atom. The summed E-state index contributed by atoms with van der Waals surface area (Å²) in [4.78, 5) is 28.8. The topological polar surface area (TPSA) is 53.1 Å². The zero-order valence-electron chi connectivity index (χ0n) is 11.1. The third-order valence-electron chi connectivity index (χ3n) is 3.59. The third-order valence-corrected chi connectivity index (χ3v) is 3.59. The molecule has 1 unspecified atom stereocenters. The molecule has 6 heteroatoms. The van der Waals surface area contributed by atoms with Crippen molar-refractivity contribution in [3.8, 4) is 0 Å². The summed E-state index contributed by atoms with van der Waals surface area (Å²) in [7, 11) is 3.78. The van der Waals surface area contributed by atoms with Gasteiger partial charge in [-0.15, -0.1) is 0 Å². The molecule has 2 heterocycles. The average Bonchev–Trinajstić information content (AvgIpc) is 2.67. The van der Waals surface area contributed by atoms with Gasteiger partial charge in [-0.05, 0) is 13.5 Å². The highest BCUT2D eigenvalue weighted by atomic mass is 16.6. The van der Waals surface area contributed by atoms with Crippen molar-refractivity contribution in [2.24, 2.45) is 0 Å². The lowest BCUT2D eigenvalue weighted by molar-refractivity contribution is -0.133. The maximum atomic E-state index is 12.0. The molecule has 102 valence electrons. The SMILES string of the molecule is CN1CCN(C(=O)CCC2CN(C)C(=O)O2)CC1. The normalized spacial score (nSPS) is 25.4. The standard InChI is InChI=1S/C12H21N3O3/c1-13-5-7-15(8-6-13)11(16)4-3-10-9-14(2)12(17)18-10/h10H,3-9H2,1-2H3. The minimum Gasteiger partial charge on any atom is -0.444 e. The second-order valence-corrected chi connectivity index (χ2v) is 5.11. The minimum atomic E-state index is -0.285. The van der Waals surface area contributed by atoms with Crippen LogP contribution in [0.2, 0.25) is 0 Å². The van der Waals surface area contributed by atoms with Crippen LogP contribution in [0, 0.1) is 0 Å². The fourth-order valence-electron chi connectivity index (χ4n) is 2.30. The molecule has 2 aliphatic rings. The molecule has 2 saturated heterocycles. The van der Waals surface area contributed by atoms with E-state index < -0.39 is 0 Å². The molecule has 2 fully saturated rings. The van der Waals surface area contributed by atoms with Crippen LogP contribution in [0.15, 0.2) is 0 Å². The number of rotatable bonds is 3. The maximum Gasteiger partial charge on any atom is 0.409 e. The zero-order chi connectivity index (χ0) is 13.1. The van der Waals surface area contributed by atoms with Crippen LogP contribution in [0.5, 0.6) is 0 Å². The van der Waals surface area contributed by atoms with Crippen molar-refractivity contribution in [3.05, 3.63) is 0 Å². The molecule has 0 N–H and O–H groups in total. The van der Waals surface area contributed by atoms with Gasteiger partial charge in [0.15, 0.2) is 0 Å². The second-order valence-electron chi connectivity index (χ2n) is 5.11. The van der Waals surface area contributed by atoms with Gasteiger partial charge in [-0.1, -0.05) is 0 Å². The number of hydrogen-bond donors (Lipinski definition) is 0. The van der Waals surface area contributed by atoms with Gasteiger partial charge in [0, 0.05) is 39.6 Å². The summed E-state index contributed by atoms with van der Waals surface area (Å²) >= 11 is 0. The largest absolute Gasteiger partial charge is 0.444 e. The van der Waals surface area contributed by atoms with Gasteiger partial charge >= 0.3 is 6.09 Å². The van der Waals surface area contributed by atoms with Crippen molar-refractivity contribution in [1.82, 2.24) is 14.7 Å². The lowest BCUT2D eigenvalue weighted by Gasteiger charge is -2.32. The van der Waals surface area contributed by atoms with E-state index in [0.29, 0.717) is 19.4 Å². The number of amides is 2. The Labute approximate surface area is 107 Å². The second kappa shape index (κ2) is 5.56. The highest BCUT2D eigenvalue weighted by Crippen LogP contribution is 2.14. The van der Waals surface area contributed by atoms with E-state index in [1.54, 1.807) is 11.9 Å². The van der Waals surface area contributed by atoms with Crippen LogP contribution in [-0.2, 0) is 9.53 Å². The molecule has 0 bridgehead atoms. The van der Waals surface area contributed by atoms with Crippen molar-refractivity contribution >= 4 is 12.0 Å². The van der Waals surface area contributed by atoms with E-state index in [1.165, 1.54) is 0 Å². The Bertz CT molecular complexity index is 327. The first kappa shape index (κ1) is 13.1. The summed E-state index contributed by atoms with van der Waals surface area (Å²) in [5, 5.41) is 0. The quantitative estimate of drug-likeness (QED) is 0.712. The molecule has 0 saturated carbocycles. The van der Waals surface area contributed by atoms with Crippen molar-refractivity contribution in [2.75, 3.05) is 46.8 Å². The van der Waals surface area contributed by atoms with E-state index in [0.717, 1.165) is 26.2 Å². The Balaban J connectivity index is 1.70. The molecule has 2 rings (SSSR count). The first-order chi connectivity index (χ1) is 8.56. The number of carbonyl (C=O) groups excluding carboxylic acids is 2. The molecule has 18 heavy (non-hydrogen) atoms. The zero-order valence-corrected chi connectivity index (χ0v) is 11.1. The maximum absolute atomic E-state index is 12.0. The third kappa shape index (κ3) is 3.13. The Hall–Kier alpha value is -1.30. The van der Waals surface area contributed by atoms with E-state index in [2.05, 4.69) is 11.9 Å². The molecule has 0 aromatic heterocycles. The van der Waals surface area contributed by atoms with Crippen LogP contribution in [0.4, 0.5) is 4.79 Å². The van der Waals surface area contributed by atoms with Gasteiger partial charge < -0.3 is 19.4 Å². The molecular formula is C12H21N3O3. The lowest BCUT2D eigenvalue weighted by atomic mass is 10.1. The van der Waals surface area contributed by atoms with Gasteiger partial charge in [-0.3, -0.25) is 4.79 Å². The van der Waals surface area contributed by atoms with Crippen LogP contribution >= 0.6 is 0 Å². The summed E-state index contributed by atoms with van der Waals surface area (Å²) in [5.41, 5.74) is 0. The van der Waals surface area contributed by atoms with Crippen LogP contribution in [0.3, 0.4) is 0 Å². The number of likely N-dealkylation sites (N-methyl/N-ethyl adjacent to an activating group) is 2. The fourth-order valence-corrected chi connectivity index (χ4v) is 2.30. The van der Waals surface area contributed by atoms with Gasteiger partial charge in [0.2, 0.25) is 5.91 Å². The molecule has 6 nitrogen and oxygen atoms in total. The Morgan fingerprint density at radius 2 is 1.94 bits per heavy atom. The van der Waals surface area contributed by atoms with E-state index in [-0.39, 0.29) is 18.1 Å². The van der Waals surface area contributed by atoms with E-state index in [9.17, 15) is 9.59 Å². The van der Waals surface area contributed by atoms with Crippen LogP contribution < -0.4 is 0 Å². The minimum absolute atomic E-state index is 0.126. The number of cyclic esters (lactones) is 1. The molecule has 0 radical (unpaired) electrons. The predicted octanol–water partition coefficient (Wildman–Crippen LogP) is -0.00880. The van der Waals surface area contributed by atoms with Gasteiger partial charge in [0.25, 0.3) is 0 Å². The smallest absolute Gasteiger partial charge is 0.409 e. The fraction of sp³-hybridized carbons (Fsp3) is 0.833. The summed E-state index contributed by atoms with van der Waals surface area (Å²) in [6.07, 6.45) is 0.683. The number of piperazine rings is 1. The Morgan fingerprint density at radius 1 is 1.28 bits per heavy atom. The van der Waals surface area contributed by atoms with Gasteiger partial charge in [-0.2, -0.15) is 0 Å². The first-order valence-electron chi connectivity index (χ1n) is 6.44. The summed E-state index contributed by atoms with van der Waals surface area (Å²) < 4.78 is 5.14. The summed E-state index contributed by atoms with van der Waals surface area (Å²) in [6, 6.07) is 0. The predicted molar refractivity (Wildman–Crippen MR) is 66.2 cm³/mol. The van der Waals surface area contributed by atoms with Crippen molar-refractivity contribution in [1.29, 1.82) is 0 Å². The lowest BCUT2D eigenvalue weighted by Crippen LogP contribution is -2.47. The highest BCUT2D eigenvalue weighted by Gasteiger charge is 2.29. The number of nitrogens with zero attached hydrogens (tertiary/aromatic N) is 3. The van der Waals surface area contributed by atoms with Crippen molar-refractivity contribution in [3.63, 3.8) is 0 Å². The van der Waals surface area contributed by atoms with Gasteiger partial charge in [0.05, 0.1) is 6.54 Å². The molecule has 0 spiro atoms. The summed E-state index contributed by atoms with van der Waals surface area (Å²) in [5.74, 6) is 0.175. The highest BCUT2D eigenvalue weighted by molar-refractivity contribution is 5.76. The van der Waals surface area contributed by atoms with E-state index in [1.807, 2.05) is 4.90 Å². The molecule has 1 atom stereocenters. The molecular weight excluding hydrogens is 234 g/mol. The average molecular weight is 255 g/mol.